The van der Waals surface area contributed by atoms with Gasteiger partial charge in [0.25, 0.3) is 0 Å². The van der Waals surface area contributed by atoms with Gasteiger partial charge < -0.3 is 0 Å². The van der Waals surface area contributed by atoms with Crippen molar-refractivity contribution < 1.29 is 8.78 Å². The van der Waals surface area contributed by atoms with Crippen molar-refractivity contribution in [1.82, 2.24) is 10.4 Å². The SMILES string of the molecule is NNC(c1ccc(Cl)cn1)c1ccc(F)cc1F. The van der Waals surface area contributed by atoms with Crippen molar-refractivity contribution >= 4 is 11.6 Å². The molecule has 0 bridgehead atoms. The van der Waals surface area contributed by atoms with Crippen molar-refractivity contribution in [3.8, 4) is 0 Å². The minimum atomic E-state index is -0.685. The molecule has 0 radical (unpaired) electrons. The molecule has 0 saturated heterocycles. The molecule has 1 aromatic heterocycles. The van der Waals surface area contributed by atoms with Gasteiger partial charge in [-0.3, -0.25) is 10.8 Å². The minimum Gasteiger partial charge on any atom is -0.271 e. The molecule has 2 rings (SSSR count). The highest BCUT2D eigenvalue weighted by atomic mass is 35.5. The summed E-state index contributed by atoms with van der Waals surface area (Å²) in [6.07, 6.45) is 1.43. The summed E-state index contributed by atoms with van der Waals surface area (Å²) in [5.74, 6) is 4.07. The Morgan fingerprint density at radius 3 is 2.56 bits per heavy atom. The van der Waals surface area contributed by atoms with Crippen LogP contribution in [0.2, 0.25) is 5.02 Å². The van der Waals surface area contributed by atoms with Crippen LogP contribution in [0.4, 0.5) is 8.78 Å². The fourth-order valence-corrected chi connectivity index (χ4v) is 1.74. The van der Waals surface area contributed by atoms with Gasteiger partial charge in [-0.25, -0.2) is 14.2 Å². The molecule has 0 spiro atoms. The van der Waals surface area contributed by atoms with Crippen LogP contribution >= 0.6 is 11.6 Å². The monoisotopic (exact) mass is 269 g/mol. The van der Waals surface area contributed by atoms with E-state index in [9.17, 15) is 8.78 Å². The van der Waals surface area contributed by atoms with Crippen molar-refractivity contribution in [1.29, 1.82) is 0 Å². The maximum atomic E-state index is 13.7. The molecule has 1 heterocycles. The molecule has 3 N–H and O–H groups in total. The van der Waals surface area contributed by atoms with Crippen LogP contribution in [0.3, 0.4) is 0 Å². The summed E-state index contributed by atoms with van der Waals surface area (Å²) < 4.78 is 26.5. The Balaban J connectivity index is 2.41. The van der Waals surface area contributed by atoms with Crippen LogP contribution in [-0.2, 0) is 0 Å². The topological polar surface area (TPSA) is 50.9 Å². The molecule has 1 aromatic carbocycles. The van der Waals surface area contributed by atoms with E-state index in [-0.39, 0.29) is 5.56 Å². The summed E-state index contributed by atoms with van der Waals surface area (Å²) in [6.45, 7) is 0. The van der Waals surface area contributed by atoms with Crippen LogP contribution in [-0.4, -0.2) is 4.98 Å². The lowest BCUT2D eigenvalue weighted by Gasteiger charge is -2.16. The zero-order chi connectivity index (χ0) is 13.1. The fourth-order valence-electron chi connectivity index (χ4n) is 1.63. The number of hydrazine groups is 1. The molecule has 0 aliphatic rings. The maximum absolute atomic E-state index is 13.7. The largest absolute Gasteiger partial charge is 0.271 e. The Labute approximate surface area is 108 Å². The van der Waals surface area contributed by atoms with Gasteiger partial charge in [0.15, 0.2) is 0 Å². The summed E-state index contributed by atoms with van der Waals surface area (Å²) in [6, 6.07) is 5.87. The zero-order valence-electron chi connectivity index (χ0n) is 9.20. The first-order chi connectivity index (χ1) is 8.61. The highest BCUT2D eigenvalue weighted by Crippen LogP contribution is 2.23. The van der Waals surface area contributed by atoms with Crippen LogP contribution in [0.5, 0.6) is 0 Å². The molecule has 0 saturated carbocycles. The molecule has 0 aliphatic carbocycles. The molecule has 0 aliphatic heterocycles. The second kappa shape index (κ2) is 5.39. The van der Waals surface area contributed by atoms with Crippen LogP contribution in [0.15, 0.2) is 36.5 Å². The predicted molar refractivity (Wildman–Crippen MR) is 64.8 cm³/mol. The molecule has 18 heavy (non-hydrogen) atoms. The lowest BCUT2D eigenvalue weighted by Crippen LogP contribution is -2.30. The first kappa shape index (κ1) is 12.9. The number of nitrogens with zero attached hydrogens (tertiary/aromatic N) is 1. The number of pyridine rings is 1. The lowest BCUT2D eigenvalue weighted by molar-refractivity contribution is 0.536. The summed E-state index contributed by atoms with van der Waals surface area (Å²) in [5.41, 5.74) is 3.16. The van der Waals surface area contributed by atoms with E-state index in [0.717, 1.165) is 6.07 Å². The molecule has 3 nitrogen and oxygen atoms in total. The molecule has 94 valence electrons. The molecule has 0 fully saturated rings. The van der Waals surface area contributed by atoms with E-state index in [1.165, 1.54) is 18.3 Å². The van der Waals surface area contributed by atoms with Gasteiger partial charge in [0.05, 0.1) is 16.8 Å². The number of hydrogen-bond acceptors (Lipinski definition) is 3. The predicted octanol–water partition coefficient (Wildman–Crippen LogP) is 2.57. The van der Waals surface area contributed by atoms with E-state index in [4.69, 9.17) is 17.4 Å². The van der Waals surface area contributed by atoms with Gasteiger partial charge in [0, 0.05) is 17.8 Å². The smallest absolute Gasteiger partial charge is 0.131 e. The molecule has 2 aromatic rings. The van der Waals surface area contributed by atoms with Crippen molar-refractivity contribution in [2.24, 2.45) is 5.84 Å². The second-order valence-electron chi connectivity index (χ2n) is 3.67. The van der Waals surface area contributed by atoms with Gasteiger partial charge >= 0.3 is 0 Å². The maximum Gasteiger partial charge on any atom is 0.131 e. The molecular weight excluding hydrogens is 260 g/mol. The Bertz CT molecular complexity index is 546. The Morgan fingerprint density at radius 2 is 2.00 bits per heavy atom. The number of nitrogens with two attached hydrogens (primary N) is 1. The fraction of sp³-hybridized carbons (Fsp3) is 0.0833. The number of aromatic nitrogens is 1. The van der Waals surface area contributed by atoms with E-state index < -0.39 is 17.7 Å². The number of halogens is 3. The quantitative estimate of drug-likeness (QED) is 0.665. The third-order valence-corrected chi connectivity index (χ3v) is 2.71. The van der Waals surface area contributed by atoms with E-state index in [1.807, 2.05) is 0 Å². The van der Waals surface area contributed by atoms with Gasteiger partial charge in [-0.15, -0.1) is 0 Å². The third kappa shape index (κ3) is 2.64. The Morgan fingerprint density at radius 1 is 1.22 bits per heavy atom. The van der Waals surface area contributed by atoms with Crippen molar-refractivity contribution in [2.75, 3.05) is 0 Å². The molecule has 0 amide bonds. The number of rotatable bonds is 3. The molecule has 6 heteroatoms. The number of hydrogen-bond donors (Lipinski definition) is 2. The van der Waals surface area contributed by atoms with Gasteiger partial charge in [-0.2, -0.15) is 0 Å². The average Bonchev–Trinajstić information content (AvgIpc) is 2.35. The zero-order valence-corrected chi connectivity index (χ0v) is 9.96. The molecular formula is C12H10ClF2N3. The van der Waals surface area contributed by atoms with Gasteiger partial charge in [0.2, 0.25) is 0 Å². The number of nitrogens with one attached hydrogen (secondary N) is 1. The van der Waals surface area contributed by atoms with E-state index in [1.54, 1.807) is 12.1 Å². The molecule has 1 atom stereocenters. The summed E-state index contributed by atoms with van der Waals surface area (Å²) in [4.78, 5) is 4.05. The Hall–Kier alpha value is -1.56. The Kier molecular flexibility index (Phi) is 3.86. The number of benzene rings is 1. The summed E-state index contributed by atoms with van der Waals surface area (Å²) in [7, 11) is 0. The highest BCUT2D eigenvalue weighted by Gasteiger charge is 2.18. The summed E-state index contributed by atoms with van der Waals surface area (Å²) in [5, 5.41) is 0.467. The van der Waals surface area contributed by atoms with Crippen LogP contribution in [0, 0.1) is 11.6 Å². The van der Waals surface area contributed by atoms with E-state index >= 15 is 0 Å². The second-order valence-corrected chi connectivity index (χ2v) is 4.10. The van der Waals surface area contributed by atoms with Gasteiger partial charge in [0.1, 0.15) is 11.6 Å². The minimum absolute atomic E-state index is 0.216. The van der Waals surface area contributed by atoms with E-state index in [0.29, 0.717) is 10.7 Å². The van der Waals surface area contributed by atoms with Crippen LogP contribution in [0.1, 0.15) is 17.3 Å². The average molecular weight is 270 g/mol. The first-order valence-corrected chi connectivity index (χ1v) is 5.52. The molecule has 1 unspecified atom stereocenters. The summed E-state index contributed by atoms with van der Waals surface area (Å²) >= 11 is 5.72. The van der Waals surface area contributed by atoms with Gasteiger partial charge in [-0.1, -0.05) is 17.7 Å². The lowest BCUT2D eigenvalue weighted by atomic mass is 10.0. The van der Waals surface area contributed by atoms with E-state index in [2.05, 4.69) is 10.4 Å². The normalized spacial score (nSPS) is 12.4. The standard InChI is InChI=1S/C12H10ClF2N3/c13-7-1-4-11(17-6-7)12(18-16)9-3-2-8(14)5-10(9)15/h1-6,12,18H,16H2. The van der Waals surface area contributed by atoms with Crippen LogP contribution < -0.4 is 11.3 Å². The van der Waals surface area contributed by atoms with Crippen molar-refractivity contribution in [3.05, 3.63) is 64.4 Å². The van der Waals surface area contributed by atoms with Crippen LogP contribution in [0.25, 0.3) is 0 Å². The first-order valence-electron chi connectivity index (χ1n) is 5.14. The third-order valence-electron chi connectivity index (χ3n) is 2.49. The van der Waals surface area contributed by atoms with Gasteiger partial charge in [-0.05, 0) is 18.2 Å². The highest BCUT2D eigenvalue weighted by molar-refractivity contribution is 6.30. The van der Waals surface area contributed by atoms with Crippen molar-refractivity contribution in [2.45, 2.75) is 6.04 Å². The van der Waals surface area contributed by atoms with Crippen molar-refractivity contribution in [3.63, 3.8) is 0 Å².